The Balaban J connectivity index is 2.17. The Kier molecular flexibility index (Phi) is 5.80. The van der Waals surface area contributed by atoms with Crippen molar-refractivity contribution in [2.24, 2.45) is 0 Å². The van der Waals surface area contributed by atoms with Gasteiger partial charge in [-0.1, -0.05) is 67.3 Å². The lowest BCUT2D eigenvalue weighted by atomic mass is 10.1. The summed E-state index contributed by atoms with van der Waals surface area (Å²) in [6, 6.07) is 18.0. The quantitative estimate of drug-likeness (QED) is 0.750. The fourth-order valence-corrected chi connectivity index (χ4v) is 2.29. The Morgan fingerprint density at radius 3 is 2.04 bits per heavy atom. The number of carbonyl (C=O) groups excluding carboxylic acids is 1. The maximum absolute atomic E-state index is 12.6. The first kappa shape index (κ1) is 17.8. The van der Waals surface area contributed by atoms with E-state index in [9.17, 15) is 4.79 Å². The van der Waals surface area contributed by atoms with Gasteiger partial charge in [0.1, 0.15) is 5.60 Å². The molecule has 0 aliphatic rings. The van der Waals surface area contributed by atoms with Crippen LogP contribution in [0, 0.1) is 0 Å². The minimum atomic E-state index is -0.515. The Hall–Kier alpha value is -2.55. The third kappa shape index (κ3) is 5.58. The van der Waals surface area contributed by atoms with E-state index in [1.165, 1.54) is 0 Å². The molecule has 0 N–H and O–H groups in total. The van der Waals surface area contributed by atoms with Gasteiger partial charge in [-0.05, 0) is 37.5 Å². The number of rotatable bonds is 5. The molecule has 2 aromatic carbocycles. The van der Waals surface area contributed by atoms with Crippen LogP contribution in [-0.4, -0.2) is 16.6 Å². The van der Waals surface area contributed by atoms with Crippen LogP contribution in [0.25, 0.3) is 6.08 Å². The van der Waals surface area contributed by atoms with Crippen LogP contribution in [0.15, 0.2) is 61.2 Å². The van der Waals surface area contributed by atoms with Crippen molar-refractivity contribution in [1.82, 2.24) is 4.90 Å². The van der Waals surface area contributed by atoms with Crippen molar-refractivity contribution >= 4 is 12.2 Å². The number of hydrogen-bond acceptors (Lipinski definition) is 2. The highest BCUT2D eigenvalue weighted by atomic mass is 16.6. The first-order valence-corrected chi connectivity index (χ1v) is 8.10. The number of ether oxygens (including phenoxy) is 1. The molecular weight excluding hydrogens is 298 g/mol. The molecule has 126 valence electrons. The van der Waals surface area contributed by atoms with E-state index in [4.69, 9.17) is 4.74 Å². The van der Waals surface area contributed by atoms with Crippen molar-refractivity contribution in [3.63, 3.8) is 0 Å². The summed E-state index contributed by atoms with van der Waals surface area (Å²) in [5.74, 6) is 0. The Morgan fingerprint density at radius 2 is 1.54 bits per heavy atom. The summed E-state index contributed by atoms with van der Waals surface area (Å²) >= 11 is 0. The van der Waals surface area contributed by atoms with Crippen molar-refractivity contribution in [2.75, 3.05) is 0 Å². The van der Waals surface area contributed by atoms with Crippen molar-refractivity contribution in [3.8, 4) is 0 Å². The van der Waals surface area contributed by atoms with Crippen LogP contribution in [-0.2, 0) is 17.8 Å². The average Bonchev–Trinajstić information content (AvgIpc) is 2.54. The lowest BCUT2D eigenvalue weighted by Crippen LogP contribution is -2.36. The van der Waals surface area contributed by atoms with Crippen LogP contribution in [0.4, 0.5) is 4.79 Å². The largest absolute Gasteiger partial charge is 0.444 e. The predicted octanol–water partition coefficient (Wildman–Crippen LogP) is 5.27. The van der Waals surface area contributed by atoms with Gasteiger partial charge >= 0.3 is 6.09 Å². The average molecular weight is 323 g/mol. The van der Waals surface area contributed by atoms with Gasteiger partial charge < -0.3 is 4.74 Å². The number of carbonyl (C=O) groups is 1. The summed E-state index contributed by atoms with van der Waals surface area (Å²) in [4.78, 5) is 14.3. The number of nitrogens with zero attached hydrogens (tertiary/aromatic N) is 1. The molecular formula is C21H25NO2. The highest BCUT2D eigenvalue weighted by molar-refractivity contribution is 5.68. The van der Waals surface area contributed by atoms with Crippen LogP contribution in [0.5, 0.6) is 0 Å². The molecule has 0 atom stereocenters. The van der Waals surface area contributed by atoms with Gasteiger partial charge in [0.05, 0.1) is 0 Å². The summed E-state index contributed by atoms with van der Waals surface area (Å²) in [6.07, 6.45) is 1.50. The summed E-state index contributed by atoms with van der Waals surface area (Å²) in [7, 11) is 0. The molecule has 3 heteroatoms. The lowest BCUT2D eigenvalue weighted by Gasteiger charge is -2.27. The molecule has 3 nitrogen and oxygen atoms in total. The monoisotopic (exact) mass is 323 g/mol. The van der Waals surface area contributed by atoms with Gasteiger partial charge in [0.15, 0.2) is 0 Å². The molecule has 0 heterocycles. The van der Waals surface area contributed by atoms with Crippen molar-refractivity contribution in [2.45, 2.75) is 39.5 Å². The molecule has 1 amide bonds. The van der Waals surface area contributed by atoms with Crippen molar-refractivity contribution in [3.05, 3.63) is 77.9 Å². The van der Waals surface area contributed by atoms with E-state index >= 15 is 0 Å². The van der Waals surface area contributed by atoms with Crippen LogP contribution < -0.4 is 0 Å². The Morgan fingerprint density at radius 1 is 1.00 bits per heavy atom. The van der Waals surface area contributed by atoms with E-state index in [2.05, 4.69) is 6.58 Å². The molecule has 0 aliphatic heterocycles. The molecule has 0 bridgehead atoms. The van der Waals surface area contributed by atoms with Gasteiger partial charge in [-0.3, -0.25) is 4.90 Å². The molecule has 0 saturated heterocycles. The second-order valence-corrected chi connectivity index (χ2v) is 6.77. The van der Waals surface area contributed by atoms with E-state index in [1.54, 1.807) is 11.0 Å². The van der Waals surface area contributed by atoms with E-state index in [-0.39, 0.29) is 6.09 Å². The Bertz CT molecular complexity index is 669. The topological polar surface area (TPSA) is 29.5 Å². The fraction of sp³-hybridized carbons (Fsp3) is 0.286. The maximum atomic E-state index is 12.6. The number of amides is 1. The molecule has 0 unspecified atom stereocenters. The van der Waals surface area contributed by atoms with Gasteiger partial charge in [-0.15, -0.1) is 0 Å². The molecule has 0 radical (unpaired) electrons. The Labute approximate surface area is 144 Å². The zero-order valence-corrected chi connectivity index (χ0v) is 14.7. The smallest absolute Gasteiger partial charge is 0.410 e. The maximum Gasteiger partial charge on any atom is 0.410 e. The molecule has 24 heavy (non-hydrogen) atoms. The van der Waals surface area contributed by atoms with E-state index in [0.29, 0.717) is 13.1 Å². The minimum Gasteiger partial charge on any atom is -0.444 e. The van der Waals surface area contributed by atoms with Gasteiger partial charge in [0.2, 0.25) is 0 Å². The summed E-state index contributed by atoms with van der Waals surface area (Å²) in [5.41, 5.74) is 2.68. The third-order valence-electron chi connectivity index (χ3n) is 3.46. The van der Waals surface area contributed by atoms with Gasteiger partial charge in [-0.2, -0.15) is 0 Å². The van der Waals surface area contributed by atoms with E-state index in [1.807, 2.05) is 75.4 Å². The van der Waals surface area contributed by atoms with Crippen LogP contribution in [0.3, 0.4) is 0 Å². The first-order chi connectivity index (χ1) is 11.4. The highest BCUT2D eigenvalue weighted by Gasteiger charge is 2.22. The first-order valence-electron chi connectivity index (χ1n) is 8.10. The fourth-order valence-electron chi connectivity index (χ4n) is 2.29. The molecule has 0 aromatic heterocycles. The molecule has 0 saturated carbocycles. The van der Waals surface area contributed by atoms with Gasteiger partial charge in [0.25, 0.3) is 0 Å². The van der Waals surface area contributed by atoms with Gasteiger partial charge in [-0.25, -0.2) is 4.79 Å². The second-order valence-electron chi connectivity index (χ2n) is 6.77. The number of benzene rings is 2. The highest BCUT2D eigenvalue weighted by Crippen LogP contribution is 2.16. The molecule has 0 aliphatic carbocycles. The zero-order chi connectivity index (χ0) is 17.6. The van der Waals surface area contributed by atoms with Crippen LogP contribution in [0.1, 0.15) is 37.5 Å². The standard InChI is InChI=1S/C21H25NO2/c1-5-17-11-13-19(14-12-17)16-22(20(23)24-21(2,3)4)15-18-9-7-6-8-10-18/h5-14H,1,15-16H2,2-4H3. The summed E-state index contributed by atoms with van der Waals surface area (Å²) < 4.78 is 5.56. The van der Waals surface area contributed by atoms with Crippen LogP contribution >= 0.6 is 0 Å². The summed E-state index contributed by atoms with van der Waals surface area (Å²) in [5, 5.41) is 0. The SMILES string of the molecule is C=Cc1ccc(CN(Cc2ccccc2)C(=O)OC(C)(C)C)cc1. The predicted molar refractivity (Wildman–Crippen MR) is 98.5 cm³/mol. The van der Waals surface area contributed by atoms with E-state index < -0.39 is 5.60 Å². The normalized spacial score (nSPS) is 11.0. The molecule has 2 aromatic rings. The summed E-state index contributed by atoms with van der Waals surface area (Å²) in [6.45, 7) is 10.4. The zero-order valence-electron chi connectivity index (χ0n) is 14.7. The molecule has 0 fully saturated rings. The van der Waals surface area contributed by atoms with Gasteiger partial charge in [0, 0.05) is 13.1 Å². The number of hydrogen-bond donors (Lipinski definition) is 0. The lowest BCUT2D eigenvalue weighted by molar-refractivity contribution is 0.0216. The van der Waals surface area contributed by atoms with Crippen LogP contribution in [0.2, 0.25) is 0 Å². The minimum absolute atomic E-state index is 0.306. The van der Waals surface area contributed by atoms with E-state index in [0.717, 1.165) is 16.7 Å². The van der Waals surface area contributed by atoms with Crippen molar-refractivity contribution < 1.29 is 9.53 Å². The molecule has 2 rings (SSSR count). The van der Waals surface area contributed by atoms with Crippen molar-refractivity contribution in [1.29, 1.82) is 0 Å². The second kappa shape index (κ2) is 7.82. The molecule has 0 spiro atoms. The third-order valence-corrected chi connectivity index (χ3v) is 3.46.